The van der Waals surface area contributed by atoms with Gasteiger partial charge in [-0.25, -0.2) is 4.79 Å². The number of fused-ring (bicyclic) bond motifs is 2. The van der Waals surface area contributed by atoms with E-state index in [4.69, 9.17) is 11.6 Å². The molecule has 0 radical (unpaired) electrons. The molecule has 1 aliphatic heterocycles. The molecule has 2 bridgehead atoms. The molecule has 4 rings (SSSR count). The van der Waals surface area contributed by atoms with E-state index in [-0.39, 0.29) is 36.2 Å². The molecule has 2 amide bonds. The second-order valence-electron chi connectivity index (χ2n) is 7.91. The van der Waals surface area contributed by atoms with Gasteiger partial charge in [0.1, 0.15) is 6.54 Å². The third-order valence-electron chi connectivity index (χ3n) is 5.88. The summed E-state index contributed by atoms with van der Waals surface area (Å²) < 4.78 is 2.00. The largest absolute Gasteiger partial charge is 0.351 e. The van der Waals surface area contributed by atoms with Crippen molar-refractivity contribution in [2.45, 2.75) is 39.3 Å². The van der Waals surface area contributed by atoms with Crippen molar-refractivity contribution >= 4 is 34.8 Å². The third kappa shape index (κ3) is 4.09. The van der Waals surface area contributed by atoms with Crippen molar-refractivity contribution in [2.24, 2.45) is 11.8 Å². The van der Waals surface area contributed by atoms with E-state index in [1.54, 1.807) is 32.0 Å². The molecule has 7 nitrogen and oxygen atoms in total. The number of carbonyl (C=O) groups is 2. The number of hydrogen-bond acceptors (Lipinski definition) is 5. The van der Waals surface area contributed by atoms with Gasteiger partial charge in [-0.05, 0) is 56.7 Å². The summed E-state index contributed by atoms with van der Waals surface area (Å²) in [7, 11) is 0. The maximum atomic E-state index is 12.7. The maximum absolute atomic E-state index is 12.7. The number of aromatic nitrogens is 2. The first-order chi connectivity index (χ1) is 13.8. The van der Waals surface area contributed by atoms with E-state index in [2.05, 4.69) is 10.3 Å². The Morgan fingerprint density at radius 2 is 1.93 bits per heavy atom. The molecule has 2 fully saturated rings. The molecule has 0 spiro atoms. The fourth-order valence-corrected chi connectivity index (χ4v) is 5.56. The molecule has 2 aromatic heterocycles. The molecule has 1 saturated heterocycles. The predicted octanol–water partition coefficient (Wildman–Crippen LogP) is 2.24. The van der Waals surface area contributed by atoms with Crippen LogP contribution in [0.15, 0.2) is 23.0 Å². The van der Waals surface area contributed by atoms with Crippen LogP contribution in [-0.4, -0.2) is 45.4 Å². The van der Waals surface area contributed by atoms with E-state index in [9.17, 15) is 14.4 Å². The highest BCUT2D eigenvalue weighted by Crippen LogP contribution is 2.38. The van der Waals surface area contributed by atoms with Gasteiger partial charge in [-0.1, -0.05) is 11.6 Å². The highest BCUT2D eigenvalue weighted by Gasteiger charge is 2.44. The Bertz CT molecular complexity index is 1000. The second-order valence-corrected chi connectivity index (χ2v) is 9.63. The third-order valence-corrected chi connectivity index (χ3v) is 7.10. The number of aryl methyl sites for hydroxylation is 2. The summed E-state index contributed by atoms with van der Waals surface area (Å²) in [4.78, 5) is 43.9. The molecule has 29 heavy (non-hydrogen) atoms. The van der Waals surface area contributed by atoms with E-state index in [0.717, 1.165) is 18.5 Å². The zero-order valence-corrected chi connectivity index (χ0v) is 17.9. The predicted molar refractivity (Wildman–Crippen MR) is 111 cm³/mol. The minimum absolute atomic E-state index is 0.0106. The molecular formula is C20H23ClN4O3S. The van der Waals surface area contributed by atoms with Crippen LogP contribution in [0.4, 0.5) is 0 Å². The lowest BCUT2D eigenvalue weighted by atomic mass is 9.92. The number of nitrogens with zero attached hydrogens (tertiary/aromatic N) is 3. The summed E-state index contributed by atoms with van der Waals surface area (Å²) in [6.07, 6.45) is 1.96. The molecule has 9 heteroatoms. The van der Waals surface area contributed by atoms with Crippen molar-refractivity contribution in [1.29, 1.82) is 0 Å². The number of thiophene rings is 1. The monoisotopic (exact) mass is 434 g/mol. The van der Waals surface area contributed by atoms with Crippen LogP contribution in [0.1, 0.15) is 33.9 Å². The standard InChI is InChI=1S/C20H23ClN4O3S/c1-11-7-12(2)25(20(28)22-11)10-17(26)23-18-13-3-4-14(18)9-24(8-13)19(27)15-5-6-16(21)29-15/h5-7,13-14,18H,3-4,8-10H2,1-2H3,(H,23,26)/t13-,14+,18?. The van der Waals surface area contributed by atoms with E-state index in [0.29, 0.717) is 28.0 Å². The summed E-state index contributed by atoms with van der Waals surface area (Å²) in [6.45, 7) is 4.77. The lowest BCUT2D eigenvalue weighted by Gasteiger charge is -2.38. The molecule has 154 valence electrons. The topological polar surface area (TPSA) is 84.3 Å². The minimum Gasteiger partial charge on any atom is -0.351 e. The molecule has 3 atom stereocenters. The number of amides is 2. The number of hydrogen-bond donors (Lipinski definition) is 1. The molecular weight excluding hydrogens is 412 g/mol. The van der Waals surface area contributed by atoms with E-state index in [1.807, 2.05) is 4.90 Å². The number of halogens is 1. The second kappa shape index (κ2) is 7.91. The Labute approximate surface area is 177 Å². The first kappa shape index (κ1) is 20.1. The minimum atomic E-state index is -0.407. The van der Waals surface area contributed by atoms with Gasteiger partial charge in [0, 0.05) is 30.5 Å². The van der Waals surface area contributed by atoms with Gasteiger partial charge in [0.2, 0.25) is 5.91 Å². The molecule has 2 aliphatic rings. The summed E-state index contributed by atoms with van der Waals surface area (Å²) in [5.41, 5.74) is 0.956. The lowest BCUT2D eigenvalue weighted by Crippen LogP contribution is -2.54. The molecule has 1 saturated carbocycles. The SMILES string of the molecule is Cc1cc(C)n(CC(=O)NC2[C@@H]3CC[C@H]2CN(C(=O)c2ccc(Cl)s2)C3)c(=O)n1. The summed E-state index contributed by atoms with van der Waals surface area (Å²) in [5.74, 6) is 0.279. The Balaban J connectivity index is 1.41. The quantitative estimate of drug-likeness (QED) is 0.799. The molecule has 2 aromatic rings. The normalized spacial score (nSPS) is 23.3. The highest BCUT2D eigenvalue weighted by atomic mass is 35.5. The zero-order valence-electron chi connectivity index (χ0n) is 16.4. The van der Waals surface area contributed by atoms with Crippen LogP contribution in [0, 0.1) is 25.7 Å². The van der Waals surface area contributed by atoms with Gasteiger partial charge < -0.3 is 10.2 Å². The Morgan fingerprint density at radius 3 is 2.52 bits per heavy atom. The van der Waals surface area contributed by atoms with E-state index < -0.39 is 5.69 Å². The average Bonchev–Trinajstić information content (AvgIpc) is 3.17. The van der Waals surface area contributed by atoms with Gasteiger partial charge >= 0.3 is 5.69 Å². The fourth-order valence-electron chi connectivity index (χ4n) is 4.55. The van der Waals surface area contributed by atoms with Gasteiger partial charge in [0.05, 0.1) is 9.21 Å². The van der Waals surface area contributed by atoms with Crippen LogP contribution < -0.4 is 11.0 Å². The van der Waals surface area contributed by atoms with Gasteiger partial charge in [-0.3, -0.25) is 14.2 Å². The number of piperidine rings is 1. The fraction of sp³-hybridized carbons (Fsp3) is 0.500. The molecule has 1 N–H and O–H groups in total. The smallest absolute Gasteiger partial charge is 0.348 e. The van der Waals surface area contributed by atoms with Gasteiger partial charge in [0.25, 0.3) is 5.91 Å². The van der Waals surface area contributed by atoms with Crippen LogP contribution in [0.3, 0.4) is 0 Å². The van der Waals surface area contributed by atoms with Crippen molar-refractivity contribution in [3.63, 3.8) is 0 Å². The zero-order chi connectivity index (χ0) is 20.7. The molecule has 3 heterocycles. The van der Waals surface area contributed by atoms with Crippen molar-refractivity contribution in [2.75, 3.05) is 13.1 Å². The van der Waals surface area contributed by atoms with Crippen LogP contribution in [0.5, 0.6) is 0 Å². The van der Waals surface area contributed by atoms with Crippen LogP contribution in [-0.2, 0) is 11.3 Å². The van der Waals surface area contributed by atoms with Gasteiger partial charge in [0.15, 0.2) is 0 Å². The molecule has 1 aliphatic carbocycles. The average molecular weight is 435 g/mol. The lowest BCUT2D eigenvalue weighted by molar-refractivity contribution is -0.123. The van der Waals surface area contributed by atoms with Crippen LogP contribution >= 0.6 is 22.9 Å². The molecule has 1 unspecified atom stereocenters. The van der Waals surface area contributed by atoms with Crippen molar-refractivity contribution in [3.05, 3.63) is 49.3 Å². The number of likely N-dealkylation sites (tertiary alicyclic amines) is 1. The number of rotatable bonds is 4. The number of nitrogens with one attached hydrogen (secondary N) is 1. The summed E-state index contributed by atoms with van der Waals surface area (Å²) in [5, 5.41) is 3.12. The maximum Gasteiger partial charge on any atom is 0.348 e. The van der Waals surface area contributed by atoms with Crippen LogP contribution in [0.25, 0.3) is 0 Å². The van der Waals surface area contributed by atoms with Gasteiger partial charge in [-0.15, -0.1) is 11.3 Å². The number of carbonyl (C=O) groups excluding carboxylic acids is 2. The van der Waals surface area contributed by atoms with Crippen molar-refractivity contribution in [1.82, 2.24) is 19.8 Å². The first-order valence-electron chi connectivity index (χ1n) is 9.71. The van der Waals surface area contributed by atoms with E-state index >= 15 is 0 Å². The molecule has 0 aromatic carbocycles. The Morgan fingerprint density at radius 1 is 1.24 bits per heavy atom. The van der Waals surface area contributed by atoms with Crippen molar-refractivity contribution < 1.29 is 9.59 Å². The Kier molecular flexibility index (Phi) is 5.48. The summed E-state index contributed by atoms with van der Waals surface area (Å²) in [6, 6.07) is 5.33. The summed E-state index contributed by atoms with van der Waals surface area (Å²) >= 11 is 7.26. The van der Waals surface area contributed by atoms with Crippen LogP contribution in [0.2, 0.25) is 4.34 Å². The van der Waals surface area contributed by atoms with Gasteiger partial charge in [-0.2, -0.15) is 4.98 Å². The Hall–Kier alpha value is -2.19. The first-order valence-corrected chi connectivity index (χ1v) is 10.9. The van der Waals surface area contributed by atoms with Crippen molar-refractivity contribution in [3.8, 4) is 0 Å². The highest BCUT2D eigenvalue weighted by molar-refractivity contribution is 7.17. The van der Waals surface area contributed by atoms with E-state index in [1.165, 1.54) is 15.9 Å².